The van der Waals surface area contributed by atoms with E-state index in [0.717, 1.165) is 49.2 Å². The zero-order valence-electron chi connectivity index (χ0n) is 14.0. The van der Waals surface area contributed by atoms with E-state index in [1.165, 1.54) is 26.6 Å². The minimum atomic E-state index is 0.238. The van der Waals surface area contributed by atoms with E-state index in [0.29, 0.717) is 5.92 Å². The average molecular weight is 369 g/mol. The molecule has 1 aromatic carbocycles. The Morgan fingerprint density at radius 2 is 1.96 bits per heavy atom. The molecule has 1 saturated heterocycles. The SMILES string of the molecule is O=C(c1cc2c(s1)CCC2)N1CCC(c2nc3ccccc3s2)CC1. The summed E-state index contributed by atoms with van der Waals surface area (Å²) in [6, 6.07) is 10.5. The number of likely N-dealkylation sites (tertiary alicyclic amines) is 1. The summed E-state index contributed by atoms with van der Waals surface area (Å²) in [6.45, 7) is 1.70. The van der Waals surface area contributed by atoms with Crippen molar-refractivity contribution >= 4 is 38.8 Å². The molecule has 5 heteroatoms. The largest absolute Gasteiger partial charge is 0.338 e. The third-order valence-electron chi connectivity index (χ3n) is 5.40. The maximum atomic E-state index is 12.8. The van der Waals surface area contributed by atoms with Crippen molar-refractivity contribution in [2.45, 2.75) is 38.0 Å². The van der Waals surface area contributed by atoms with Crippen LogP contribution in [0.15, 0.2) is 30.3 Å². The van der Waals surface area contributed by atoms with Crippen molar-refractivity contribution in [1.29, 1.82) is 0 Å². The van der Waals surface area contributed by atoms with Gasteiger partial charge in [0.05, 0.1) is 20.1 Å². The van der Waals surface area contributed by atoms with E-state index >= 15 is 0 Å². The number of hydrogen-bond acceptors (Lipinski definition) is 4. The van der Waals surface area contributed by atoms with Gasteiger partial charge in [-0.25, -0.2) is 4.98 Å². The molecule has 1 fully saturated rings. The van der Waals surface area contributed by atoms with E-state index in [1.54, 1.807) is 11.3 Å². The van der Waals surface area contributed by atoms with Gasteiger partial charge in [0.15, 0.2) is 0 Å². The standard InChI is InChI=1S/C20H20N2OS2/c23-20(18-12-14-4-3-7-16(14)24-18)22-10-8-13(9-11-22)19-21-15-5-1-2-6-17(15)25-19/h1-2,5-6,12-13H,3-4,7-11H2. The molecule has 2 aromatic heterocycles. The molecule has 0 bridgehead atoms. The second-order valence-electron chi connectivity index (χ2n) is 7.00. The summed E-state index contributed by atoms with van der Waals surface area (Å²) in [4.78, 5) is 22.1. The number of benzene rings is 1. The lowest BCUT2D eigenvalue weighted by Crippen LogP contribution is -2.37. The minimum Gasteiger partial charge on any atom is -0.338 e. The summed E-state index contributed by atoms with van der Waals surface area (Å²) in [5.41, 5.74) is 2.52. The first-order valence-electron chi connectivity index (χ1n) is 9.04. The van der Waals surface area contributed by atoms with Crippen LogP contribution in [0.25, 0.3) is 10.2 Å². The lowest BCUT2D eigenvalue weighted by Gasteiger charge is -2.30. The van der Waals surface area contributed by atoms with E-state index < -0.39 is 0 Å². The summed E-state index contributed by atoms with van der Waals surface area (Å²) in [6.07, 6.45) is 5.61. The third kappa shape index (κ3) is 2.79. The second-order valence-corrected chi connectivity index (χ2v) is 9.20. The lowest BCUT2D eigenvalue weighted by atomic mass is 9.97. The molecule has 3 aromatic rings. The van der Waals surface area contributed by atoms with Crippen molar-refractivity contribution in [3.8, 4) is 0 Å². The smallest absolute Gasteiger partial charge is 0.263 e. The van der Waals surface area contributed by atoms with Gasteiger partial charge in [-0.1, -0.05) is 12.1 Å². The Hall–Kier alpha value is -1.72. The number of hydrogen-bond donors (Lipinski definition) is 0. The molecular formula is C20H20N2OS2. The summed E-state index contributed by atoms with van der Waals surface area (Å²) >= 11 is 3.54. The molecule has 0 N–H and O–H groups in total. The average Bonchev–Trinajstić information content (AvgIpc) is 3.35. The highest BCUT2D eigenvalue weighted by molar-refractivity contribution is 7.18. The number of thiazole rings is 1. The topological polar surface area (TPSA) is 33.2 Å². The zero-order valence-corrected chi connectivity index (χ0v) is 15.7. The predicted octanol–water partition coefficient (Wildman–Crippen LogP) is 4.87. The number of fused-ring (bicyclic) bond motifs is 2. The van der Waals surface area contributed by atoms with E-state index in [9.17, 15) is 4.79 Å². The van der Waals surface area contributed by atoms with Crippen LogP contribution in [0.4, 0.5) is 0 Å². The molecule has 1 aliphatic carbocycles. The molecule has 0 saturated carbocycles. The second kappa shape index (κ2) is 6.22. The molecule has 0 unspecified atom stereocenters. The molecule has 3 heterocycles. The first-order valence-corrected chi connectivity index (χ1v) is 10.7. The van der Waals surface area contributed by atoms with Gasteiger partial charge in [0, 0.05) is 23.9 Å². The maximum Gasteiger partial charge on any atom is 0.263 e. The Morgan fingerprint density at radius 3 is 2.76 bits per heavy atom. The summed E-state index contributed by atoms with van der Waals surface area (Å²) in [7, 11) is 0. The van der Waals surface area contributed by atoms with E-state index in [4.69, 9.17) is 4.98 Å². The number of amides is 1. The molecule has 3 nitrogen and oxygen atoms in total. The molecule has 1 amide bonds. The number of aryl methyl sites for hydroxylation is 2. The van der Waals surface area contributed by atoms with E-state index in [1.807, 2.05) is 22.3 Å². The first kappa shape index (κ1) is 15.5. The number of carbonyl (C=O) groups excluding carboxylic acids is 1. The molecule has 0 radical (unpaired) electrons. The lowest BCUT2D eigenvalue weighted by molar-refractivity contribution is 0.0718. The van der Waals surface area contributed by atoms with Gasteiger partial charge in [-0.05, 0) is 55.9 Å². The van der Waals surface area contributed by atoms with Crippen LogP contribution in [-0.2, 0) is 12.8 Å². The normalized spacial score (nSPS) is 18.0. The fraction of sp³-hybridized carbons (Fsp3) is 0.400. The highest BCUT2D eigenvalue weighted by atomic mass is 32.1. The first-order chi connectivity index (χ1) is 12.3. The van der Waals surface area contributed by atoms with Gasteiger partial charge < -0.3 is 4.90 Å². The minimum absolute atomic E-state index is 0.238. The number of carbonyl (C=O) groups is 1. The number of para-hydroxylation sites is 1. The number of nitrogens with zero attached hydrogens (tertiary/aromatic N) is 2. The molecule has 5 rings (SSSR count). The Kier molecular flexibility index (Phi) is 3.86. The van der Waals surface area contributed by atoms with E-state index in [2.05, 4.69) is 24.3 Å². The zero-order chi connectivity index (χ0) is 16.8. The number of aromatic nitrogens is 1. The van der Waals surface area contributed by atoms with Crippen molar-refractivity contribution < 1.29 is 4.79 Å². The molecule has 25 heavy (non-hydrogen) atoms. The fourth-order valence-corrected chi connectivity index (χ4v) is 6.34. The molecule has 0 spiro atoms. The Bertz CT molecular complexity index is 880. The fourth-order valence-electron chi connectivity index (χ4n) is 3.98. The van der Waals surface area contributed by atoms with Crippen LogP contribution >= 0.6 is 22.7 Å². The highest BCUT2D eigenvalue weighted by Crippen LogP contribution is 2.35. The van der Waals surface area contributed by atoms with Gasteiger partial charge in [0.1, 0.15) is 0 Å². The van der Waals surface area contributed by atoms with Gasteiger partial charge in [-0.2, -0.15) is 0 Å². The summed E-state index contributed by atoms with van der Waals surface area (Å²) in [5.74, 6) is 0.733. The van der Waals surface area contributed by atoms with Crippen LogP contribution in [0.1, 0.15) is 50.3 Å². The van der Waals surface area contributed by atoms with Crippen LogP contribution in [0.3, 0.4) is 0 Å². The maximum absolute atomic E-state index is 12.8. The van der Waals surface area contributed by atoms with Crippen LogP contribution < -0.4 is 0 Å². The van der Waals surface area contributed by atoms with Gasteiger partial charge >= 0.3 is 0 Å². The van der Waals surface area contributed by atoms with Crippen molar-refractivity contribution in [3.63, 3.8) is 0 Å². The van der Waals surface area contributed by atoms with Crippen LogP contribution in [0.2, 0.25) is 0 Å². The van der Waals surface area contributed by atoms with Gasteiger partial charge in [-0.3, -0.25) is 4.79 Å². The molecule has 128 valence electrons. The van der Waals surface area contributed by atoms with Crippen LogP contribution in [0.5, 0.6) is 0 Å². The van der Waals surface area contributed by atoms with Crippen molar-refractivity contribution in [1.82, 2.24) is 9.88 Å². The highest BCUT2D eigenvalue weighted by Gasteiger charge is 2.28. The third-order valence-corrected chi connectivity index (χ3v) is 7.82. The number of thiophene rings is 1. The Balaban J connectivity index is 1.28. The quantitative estimate of drug-likeness (QED) is 0.647. The van der Waals surface area contributed by atoms with Crippen molar-refractivity contribution in [2.24, 2.45) is 0 Å². The summed E-state index contributed by atoms with van der Waals surface area (Å²) < 4.78 is 1.27. The molecule has 2 aliphatic rings. The molecular weight excluding hydrogens is 348 g/mol. The number of rotatable bonds is 2. The molecule has 1 aliphatic heterocycles. The summed E-state index contributed by atoms with van der Waals surface area (Å²) in [5, 5.41) is 1.24. The van der Waals surface area contributed by atoms with Crippen LogP contribution in [-0.4, -0.2) is 28.9 Å². The Labute approximate surface area is 155 Å². The number of piperidine rings is 1. The van der Waals surface area contributed by atoms with Gasteiger partial charge in [0.2, 0.25) is 0 Å². The molecule has 0 atom stereocenters. The van der Waals surface area contributed by atoms with Gasteiger partial charge in [0.25, 0.3) is 5.91 Å². The predicted molar refractivity (Wildman–Crippen MR) is 104 cm³/mol. The Morgan fingerprint density at radius 1 is 1.12 bits per heavy atom. The van der Waals surface area contributed by atoms with E-state index in [-0.39, 0.29) is 5.91 Å². The van der Waals surface area contributed by atoms with Crippen molar-refractivity contribution in [3.05, 3.63) is 50.7 Å². The van der Waals surface area contributed by atoms with Crippen LogP contribution in [0, 0.1) is 0 Å². The van der Waals surface area contributed by atoms with Crippen molar-refractivity contribution in [2.75, 3.05) is 13.1 Å². The monoisotopic (exact) mass is 368 g/mol. The van der Waals surface area contributed by atoms with Gasteiger partial charge in [-0.15, -0.1) is 22.7 Å².